The fourth-order valence-corrected chi connectivity index (χ4v) is 1.36. The monoisotopic (exact) mass is 267 g/mol. The molecule has 0 saturated carbocycles. The highest BCUT2D eigenvalue weighted by Gasteiger charge is 2.14. The third-order valence-electron chi connectivity index (χ3n) is 1.96. The predicted molar refractivity (Wildman–Crippen MR) is 68.1 cm³/mol. The number of nitrogen functional groups attached to an aromatic ring is 1. The number of carbonyl (C=O) groups excluding carboxylic acids is 1. The maximum Gasteiger partial charge on any atom is 0.293 e. The maximum atomic E-state index is 10.7. The Hall–Kier alpha value is -2.26. The number of benzene rings is 1. The molecule has 6 nitrogen and oxygen atoms in total. The third kappa shape index (κ3) is 3.64. The summed E-state index contributed by atoms with van der Waals surface area (Å²) in [6.07, 6.45) is 0. The molecule has 0 aliphatic heterocycles. The summed E-state index contributed by atoms with van der Waals surface area (Å²) in [6.45, 7) is 1.51. The number of anilines is 1. The number of carbonyl (C=O) groups is 1. The van der Waals surface area contributed by atoms with Crippen molar-refractivity contribution in [2.24, 2.45) is 0 Å². The molecule has 0 atom stereocenters. The molecule has 0 heterocycles. The van der Waals surface area contributed by atoms with Crippen LogP contribution in [0.2, 0.25) is 5.02 Å². The maximum absolute atomic E-state index is 10.7. The van der Waals surface area contributed by atoms with Crippen molar-refractivity contribution in [3.63, 3.8) is 0 Å². The first-order valence-electron chi connectivity index (χ1n) is 4.88. The van der Waals surface area contributed by atoms with E-state index in [1.807, 2.05) is 0 Å². The standard InChI is InChI=1S/C11H10ClN3O3/c1-7(16)14-4-2-3-8-5-11(15(17)18)10(13)6-9(8)12/h5-6H,4,13H2,1H3,(H,14,16). The molecular formula is C11H10ClN3O3. The molecule has 0 bridgehead atoms. The van der Waals surface area contributed by atoms with Crippen LogP contribution in [0.3, 0.4) is 0 Å². The van der Waals surface area contributed by atoms with E-state index in [2.05, 4.69) is 17.2 Å². The van der Waals surface area contributed by atoms with E-state index < -0.39 is 4.92 Å². The molecule has 0 unspecified atom stereocenters. The van der Waals surface area contributed by atoms with E-state index in [4.69, 9.17) is 17.3 Å². The molecule has 3 N–H and O–H groups in total. The minimum absolute atomic E-state index is 0.0163. The van der Waals surface area contributed by atoms with E-state index in [9.17, 15) is 14.9 Å². The first kappa shape index (κ1) is 13.8. The van der Waals surface area contributed by atoms with E-state index in [1.54, 1.807) is 0 Å². The van der Waals surface area contributed by atoms with Crippen molar-refractivity contribution in [3.8, 4) is 11.8 Å². The van der Waals surface area contributed by atoms with Crippen LogP contribution in [-0.2, 0) is 4.79 Å². The molecule has 0 spiro atoms. The summed E-state index contributed by atoms with van der Waals surface area (Å²) >= 11 is 5.86. The molecule has 1 amide bonds. The largest absolute Gasteiger partial charge is 0.393 e. The van der Waals surface area contributed by atoms with Crippen LogP contribution >= 0.6 is 11.6 Å². The summed E-state index contributed by atoms with van der Waals surface area (Å²) < 4.78 is 0. The van der Waals surface area contributed by atoms with Gasteiger partial charge in [-0.15, -0.1) is 0 Å². The number of hydrogen-bond acceptors (Lipinski definition) is 4. The van der Waals surface area contributed by atoms with Gasteiger partial charge in [0.15, 0.2) is 0 Å². The lowest BCUT2D eigenvalue weighted by Crippen LogP contribution is -2.19. The summed E-state index contributed by atoms with van der Waals surface area (Å²) in [6, 6.07) is 2.49. The molecule has 0 saturated heterocycles. The van der Waals surface area contributed by atoms with E-state index >= 15 is 0 Å². The van der Waals surface area contributed by atoms with Crippen molar-refractivity contribution in [3.05, 3.63) is 32.8 Å². The summed E-state index contributed by atoms with van der Waals surface area (Å²) in [4.78, 5) is 20.7. The van der Waals surface area contributed by atoms with Crippen LogP contribution in [0.1, 0.15) is 12.5 Å². The lowest BCUT2D eigenvalue weighted by Gasteiger charge is -2.00. The minimum Gasteiger partial charge on any atom is -0.393 e. The summed E-state index contributed by atoms with van der Waals surface area (Å²) in [5.41, 5.74) is 5.49. The van der Waals surface area contributed by atoms with E-state index in [-0.39, 0.29) is 28.8 Å². The molecule has 0 aromatic heterocycles. The van der Waals surface area contributed by atoms with Gasteiger partial charge in [-0.2, -0.15) is 0 Å². The quantitative estimate of drug-likeness (QED) is 0.365. The van der Waals surface area contributed by atoms with E-state index in [1.165, 1.54) is 19.1 Å². The Balaban J connectivity index is 2.98. The van der Waals surface area contributed by atoms with E-state index in [0.29, 0.717) is 5.56 Å². The van der Waals surface area contributed by atoms with Crippen LogP contribution in [-0.4, -0.2) is 17.4 Å². The Morgan fingerprint density at radius 2 is 2.28 bits per heavy atom. The van der Waals surface area contributed by atoms with Gasteiger partial charge in [-0.1, -0.05) is 23.4 Å². The Kier molecular flexibility index (Phi) is 4.52. The second-order valence-electron chi connectivity index (χ2n) is 3.36. The topological polar surface area (TPSA) is 98.3 Å². The predicted octanol–water partition coefficient (Wildman–Crippen LogP) is 1.32. The van der Waals surface area contributed by atoms with Gasteiger partial charge >= 0.3 is 0 Å². The SMILES string of the molecule is CC(=O)NCC#Cc1cc([N+](=O)[O-])c(N)cc1Cl. The Morgan fingerprint density at radius 3 is 2.83 bits per heavy atom. The second-order valence-corrected chi connectivity index (χ2v) is 3.77. The van der Waals surface area contributed by atoms with Gasteiger partial charge in [0.1, 0.15) is 5.69 Å². The zero-order valence-electron chi connectivity index (χ0n) is 9.49. The number of hydrogen-bond donors (Lipinski definition) is 2. The number of halogens is 1. The summed E-state index contributed by atoms with van der Waals surface area (Å²) in [5, 5.41) is 13.4. The van der Waals surface area contributed by atoms with Crippen LogP contribution in [0.25, 0.3) is 0 Å². The zero-order chi connectivity index (χ0) is 13.7. The first-order chi connectivity index (χ1) is 8.41. The highest BCUT2D eigenvalue weighted by atomic mass is 35.5. The Labute approximate surface area is 108 Å². The summed E-state index contributed by atoms with van der Waals surface area (Å²) in [5.74, 6) is 5.05. The number of nitrogens with one attached hydrogen (secondary N) is 1. The Bertz CT molecular complexity index is 561. The number of rotatable bonds is 2. The average Bonchev–Trinajstić information content (AvgIpc) is 2.25. The van der Waals surface area contributed by atoms with Crippen LogP contribution < -0.4 is 11.1 Å². The fraction of sp³-hybridized carbons (Fsp3) is 0.182. The molecule has 1 rings (SSSR count). The molecule has 18 heavy (non-hydrogen) atoms. The van der Waals surface area contributed by atoms with Crippen molar-refractivity contribution < 1.29 is 9.72 Å². The number of nitrogens with two attached hydrogens (primary N) is 1. The number of amides is 1. The highest BCUT2D eigenvalue weighted by Crippen LogP contribution is 2.28. The van der Waals surface area contributed by atoms with Crippen molar-refractivity contribution >= 4 is 28.9 Å². The summed E-state index contributed by atoms with van der Waals surface area (Å²) in [7, 11) is 0. The highest BCUT2D eigenvalue weighted by molar-refractivity contribution is 6.32. The zero-order valence-corrected chi connectivity index (χ0v) is 10.2. The molecule has 1 aromatic carbocycles. The number of nitro groups is 1. The smallest absolute Gasteiger partial charge is 0.293 e. The van der Waals surface area contributed by atoms with Gasteiger partial charge in [-0.3, -0.25) is 14.9 Å². The normalized spacial score (nSPS) is 9.22. The van der Waals surface area contributed by atoms with Gasteiger partial charge in [0.05, 0.1) is 22.1 Å². The molecule has 0 aliphatic carbocycles. The van der Waals surface area contributed by atoms with Crippen LogP contribution in [0, 0.1) is 22.0 Å². The molecule has 0 aliphatic rings. The van der Waals surface area contributed by atoms with Crippen molar-refractivity contribution in [1.29, 1.82) is 0 Å². The van der Waals surface area contributed by atoms with Crippen LogP contribution in [0.5, 0.6) is 0 Å². The van der Waals surface area contributed by atoms with Crippen molar-refractivity contribution in [2.45, 2.75) is 6.92 Å². The molecule has 1 aromatic rings. The van der Waals surface area contributed by atoms with Crippen LogP contribution in [0.4, 0.5) is 11.4 Å². The molecule has 0 radical (unpaired) electrons. The van der Waals surface area contributed by atoms with Gasteiger partial charge in [-0.25, -0.2) is 0 Å². The van der Waals surface area contributed by atoms with Gasteiger partial charge in [0.2, 0.25) is 5.91 Å². The average molecular weight is 268 g/mol. The molecule has 0 fully saturated rings. The third-order valence-corrected chi connectivity index (χ3v) is 2.27. The number of nitrogens with zero attached hydrogens (tertiary/aromatic N) is 1. The molecule has 94 valence electrons. The van der Waals surface area contributed by atoms with Crippen LogP contribution in [0.15, 0.2) is 12.1 Å². The van der Waals surface area contributed by atoms with Crippen molar-refractivity contribution in [2.75, 3.05) is 12.3 Å². The van der Waals surface area contributed by atoms with Gasteiger partial charge in [0, 0.05) is 13.0 Å². The number of nitro benzene ring substituents is 1. The van der Waals surface area contributed by atoms with Gasteiger partial charge < -0.3 is 11.1 Å². The molecule has 7 heteroatoms. The fourth-order valence-electron chi connectivity index (χ4n) is 1.14. The second kappa shape index (κ2) is 5.89. The lowest BCUT2D eigenvalue weighted by molar-refractivity contribution is -0.383. The van der Waals surface area contributed by atoms with Gasteiger partial charge in [0.25, 0.3) is 5.69 Å². The Morgan fingerprint density at radius 1 is 1.61 bits per heavy atom. The minimum atomic E-state index is -0.606. The lowest BCUT2D eigenvalue weighted by atomic mass is 10.2. The van der Waals surface area contributed by atoms with Crippen molar-refractivity contribution in [1.82, 2.24) is 5.32 Å². The van der Waals surface area contributed by atoms with Gasteiger partial charge in [-0.05, 0) is 6.07 Å². The molecular weight excluding hydrogens is 258 g/mol. The van der Waals surface area contributed by atoms with E-state index in [0.717, 1.165) is 0 Å². The first-order valence-corrected chi connectivity index (χ1v) is 5.26.